The van der Waals surface area contributed by atoms with Gasteiger partial charge >= 0.3 is 12.2 Å². The SMILES string of the molecule is COc1cc2c3cc1OCCCOc1cc4c(cc1OC)C(=O)N1C=C(C)C[C@H]1C(C)N4C(=O)OCc1ccc(cc1)NC(=O)[C@H](C)NC(=O)[C@H](C(C)C)NC(=O)[C@@H](NC(=O)CCN1C(=O)C=CC1=O)[C@H](NC(=O)CCN1C(=O)C=CC1=O)C(=O)CN[C@@H](C(C)C)C(=O)N[C@@H](C)C(=O)Nc1ccc(cc1)COC(=O)N3C[C@@H]1CC(C)=CN1C2=O. The average Bonchev–Trinajstić information content (AvgIpc) is 1.62. The Morgan fingerprint density at radius 1 is 0.521 bits per heavy atom. The molecular weight excluding hydrogens is 1540 g/mol. The van der Waals surface area contributed by atoms with E-state index in [4.69, 9.17) is 28.4 Å². The van der Waals surface area contributed by atoms with E-state index in [2.05, 4.69) is 42.5 Å². The van der Waals surface area contributed by atoms with E-state index < -0.39 is 193 Å². The zero-order valence-electron chi connectivity index (χ0n) is 67.6. The lowest BCUT2D eigenvalue weighted by Crippen LogP contribution is -2.65. The van der Waals surface area contributed by atoms with Crippen LogP contribution in [0.2, 0.25) is 0 Å². The molecule has 0 aliphatic carbocycles. The minimum absolute atomic E-state index is 0.00615. The van der Waals surface area contributed by atoms with Gasteiger partial charge in [-0.3, -0.25) is 92.0 Å². The number of methoxy groups -OCH3 is 2. The summed E-state index contributed by atoms with van der Waals surface area (Å²) in [7, 11) is 2.82. The summed E-state index contributed by atoms with van der Waals surface area (Å²) in [5.74, 6) is -12.2. The van der Waals surface area contributed by atoms with E-state index in [0.29, 0.717) is 24.0 Å². The van der Waals surface area contributed by atoms with Crippen molar-refractivity contribution in [3.63, 3.8) is 0 Å². The van der Waals surface area contributed by atoms with Gasteiger partial charge in [0.25, 0.3) is 35.4 Å². The predicted molar refractivity (Wildman–Crippen MR) is 426 cm³/mol. The van der Waals surface area contributed by atoms with Crippen molar-refractivity contribution in [1.82, 2.24) is 51.5 Å². The molecule has 0 saturated heterocycles. The number of rotatable bonds is 12. The molecule has 4 aromatic carbocycles. The number of Topliss-reactive ketones (excluding diaryl/α,β-unsaturated/α-hetero) is 1. The van der Waals surface area contributed by atoms with Crippen molar-refractivity contribution in [2.45, 2.75) is 162 Å². The van der Waals surface area contributed by atoms with E-state index in [-0.39, 0.29) is 96.3 Å². The number of ether oxygens (including phenoxy) is 6. The van der Waals surface area contributed by atoms with E-state index >= 15 is 4.79 Å². The summed E-state index contributed by atoms with van der Waals surface area (Å²) in [6, 6.07) is 7.13. The summed E-state index contributed by atoms with van der Waals surface area (Å²) >= 11 is 0. The largest absolute Gasteiger partial charge is 0.493 e. The Hall–Kier alpha value is -13.3. The van der Waals surface area contributed by atoms with Crippen LogP contribution in [-0.4, -0.2) is 222 Å². The van der Waals surface area contributed by atoms with Crippen LogP contribution in [0.15, 0.2) is 121 Å². The van der Waals surface area contributed by atoms with Gasteiger partial charge in [0.05, 0.1) is 87.2 Å². The highest BCUT2D eigenvalue weighted by atomic mass is 16.6. The molecule has 14 rings (SSSR count). The average molecular weight is 1640 g/mol. The van der Waals surface area contributed by atoms with Crippen LogP contribution in [0.4, 0.5) is 32.3 Å². The van der Waals surface area contributed by atoms with Gasteiger partial charge in [-0.1, -0.05) is 63.1 Å². The molecule has 1 unspecified atom stereocenters. The third-order valence-corrected chi connectivity index (χ3v) is 21.1. The lowest BCUT2D eigenvalue weighted by atomic mass is 9.97. The number of hydrogen-bond acceptors (Lipinski definition) is 23. The van der Waals surface area contributed by atoms with E-state index in [0.717, 1.165) is 45.3 Å². The molecule has 119 heavy (non-hydrogen) atoms. The van der Waals surface area contributed by atoms with Crippen molar-refractivity contribution in [2.24, 2.45) is 11.8 Å². The number of carbonyl (C=O) groups is 16. The fourth-order valence-electron chi connectivity index (χ4n) is 14.6. The summed E-state index contributed by atoms with van der Waals surface area (Å²) in [5.41, 5.74) is 3.87. The van der Waals surface area contributed by atoms with Crippen LogP contribution in [0.1, 0.15) is 126 Å². The maximum absolute atomic E-state index is 15.1. The maximum Gasteiger partial charge on any atom is 0.414 e. The summed E-state index contributed by atoms with van der Waals surface area (Å²) in [6.45, 7) is 12.2. The molecule has 8 N–H and O–H groups in total. The van der Waals surface area contributed by atoms with Crippen LogP contribution in [-0.2, 0) is 80.2 Å². The fraction of sp³-hybridized carbons (Fsp3) is 0.422. The lowest BCUT2D eigenvalue weighted by molar-refractivity contribution is -0.140. The Kier molecular flexibility index (Phi) is 27.5. The van der Waals surface area contributed by atoms with Crippen molar-refractivity contribution in [1.29, 1.82) is 0 Å². The molecule has 0 fully saturated rings. The molecule has 9 atom stereocenters. The van der Waals surface area contributed by atoms with Gasteiger partial charge in [0.1, 0.15) is 43.4 Å². The topological polar surface area (TPSA) is 444 Å². The smallest absolute Gasteiger partial charge is 0.414 e. The van der Waals surface area contributed by atoms with Crippen LogP contribution in [0.3, 0.4) is 0 Å². The summed E-state index contributed by atoms with van der Waals surface area (Å²) in [6.07, 6.45) is 5.59. The number of carbonyl (C=O) groups excluding carboxylic acids is 16. The Morgan fingerprint density at radius 3 is 1.48 bits per heavy atom. The van der Waals surface area contributed by atoms with Crippen LogP contribution in [0, 0.1) is 11.8 Å². The third-order valence-electron chi connectivity index (χ3n) is 21.1. The lowest BCUT2D eigenvalue weighted by Gasteiger charge is -2.33. The number of benzene rings is 4. The number of amides is 15. The van der Waals surface area contributed by atoms with Gasteiger partial charge in [-0.2, -0.15) is 0 Å². The first kappa shape index (κ1) is 86.6. The number of imide groups is 2. The third kappa shape index (κ3) is 20.2. The molecule has 10 aliphatic rings. The number of nitrogens with zero attached hydrogens (tertiary/aromatic N) is 6. The summed E-state index contributed by atoms with van der Waals surface area (Å²) < 4.78 is 36.3. The van der Waals surface area contributed by atoms with Crippen molar-refractivity contribution < 1.29 is 105 Å². The second-order valence-corrected chi connectivity index (χ2v) is 30.5. The molecule has 0 radical (unpaired) electrons. The number of hydrogen-bond donors (Lipinski definition) is 8. The standard InChI is InChI=1S/C83H96N14O22/c1-43(2)71-77(107)85-47(7)75(105)87-52-17-13-50(14-18-52)41-118-82(112)96-40-54-31-45(5)38-94(54)80(110)55-33-61(114-10)63(35-58(55)96)116-29-12-30-117-64-36-59-56(34-62(64)115-11)81(111)95-39-46(6)32-57(95)49(9)97(59)83(113)119-42-51-15-19-53(20-16-51)88-76(106)48(8)86-78(108)72(44(3)4)91-79(109)74(90-66(100)26-28-93-69(103)23-24-70(93)104)73(60(98)37-84-71)89-65(99)25-27-92-67(101)21-22-68(92)102/h13-24,33-36,38-39,43-44,47-49,54,57,71-74,84H,12,25-32,37,40-42H2,1-11H3,(H,85,107)(H,86,108)(H,87,105)(H,88,106)(H,89,99)(H,90,100)(H,91,109)/t47-,48-,49?,54-,57-,71-,72-,73+,74-/m0/s1. The number of fused-ring (bicyclic) bond motifs is 2. The van der Waals surface area contributed by atoms with Gasteiger partial charge in [-0.25, -0.2) is 9.59 Å². The minimum atomic E-state index is -2.17. The highest BCUT2D eigenvalue weighted by Gasteiger charge is 2.46. The van der Waals surface area contributed by atoms with Gasteiger partial charge in [-0.15, -0.1) is 0 Å². The highest BCUT2D eigenvalue weighted by molar-refractivity contribution is 6.14. The molecule has 630 valence electrons. The zero-order chi connectivity index (χ0) is 86.0. The van der Waals surface area contributed by atoms with Crippen LogP contribution >= 0.6 is 0 Å². The molecule has 10 heterocycles. The fourth-order valence-corrected chi connectivity index (χ4v) is 14.6. The first-order valence-electron chi connectivity index (χ1n) is 38.9. The predicted octanol–water partition coefficient (Wildman–Crippen LogP) is 4.31. The van der Waals surface area contributed by atoms with Crippen molar-refractivity contribution in [3.8, 4) is 23.0 Å². The first-order chi connectivity index (χ1) is 56.7. The van der Waals surface area contributed by atoms with Crippen molar-refractivity contribution >= 4 is 118 Å². The number of nitrogens with one attached hydrogen (secondary N) is 8. The normalized spacial score (nSPS) is 23.5. The van der Waals surface area contributed by atoms with Crippen LogP contribution in [0.25, 0.3) is 0 Å². The van der Waals surface area contributed by atoms with Crippen molar-refractivity contribution in [2.75, 3.05) is 74.0 Å². The van der Waals surface area contributed by atoms with Gasteiger partial charge in [0.15, 0.2) is 28.8 Å². The maximum atomic E-state index is 15.1. The van der Waals surface area contributed by atoms with Crippen LogP contribution in [0.5, 0.6) is 23.0 Å². The van der Waals surface area contributed by atoms with E-state index in [1.807, 2.05) is 13.8 Å². The molecule has 8 bridgehead atoms. The van der Waals surface area contributed by atoms with E-state index in [9.17, 15) is 71.9 Å². The molecule has 0 aromatic heterocycles. The molecule has 4 aromatic rings. The quantitative estimate of drug-likeness (QED) is 0.0916. The summed E-state index contributed by atoms with van der Waals surface area (Å²) in [4.78, 5) is 231. The zero-order valence-corrected chi connectivity index (χ0v) is 67.6. The first-order valence-corrected chi connectivity index (χ1v) is 38.9. The van der Waals surface area contributed by atoms with Crippen molar-refractivity contribution in [3.05, 3.63) is 143 Å². The molecule has 0 spiro atoms. The molecule has 0 saturated carbocycles. The monoisotopic (exact) mass is 1640 g/mol. The summed E-state index contributed by atoms with van der Waals surface area (Å²) in [5, 5.41) is 20.9. The van der Waals surface area contributed by atoms with Crippen LogP contribution < -0.4 is 71.3 Å². The Balaban J connectivity index is 0.882. The second-order valence-electron chi connectivity index (χ2n) is 30.5. The second kappa shape index (κ2) is 37.8. The molecule has 36 nitrogen and oxygen atoms in total. The van der Waals surface area contributed by atoms with Gasteiger partial charge in [-0.05, 0) is 107 Å². The van der Waals surface area contributed by atoms with E-state index in [1.54, 1.807) is 67.2 Å². The molecule has 36 heteroatoms. The van der Waals surface area contributed by atoms with Gasteiger partial charge in [0, 0.05) is 92.6 Å². The number of anilines is 4. The molecule has 15 amide bonds. The molecule has 10 aliphatic heterocycles. The minimum Gasteiger partial charge on any atom is -0.493 e. The Labute approximate surface area is 685 Å². The highest BCUT2D eigenvalue weighted by Crippen LogP contribution is 2.44. The van der Waals surface area contributed by atoms with E-state index in [1.165, 1.54) is 100 Å². The van der Waals surface area contributed by atoms with Gasteiger partial charge < -0.3 is 75.4 Å². The number of ketones is 1. The van der Waals surface area contributed by atoms with Gasteiger partial charge in [0.2, 0.25) is 41.4 Å². The molecular formula is C83H96N14O22. The Bertz CT molecular complexity index is 4830. The Morgan fingerprint density at radius 2 is 0.975 bits per heavy atom.